The van der Waals surface area contributed by atoms with Gasteiger partial charge in [-0.2, -0.15) is 20.3 Å². The van der Waals surface area contributed by atoms with Gasteiger partial charge in [-0.25, -0.2) is 0 Å². The lowest BCUT2D eigenvalue weighted by Crippen LogP contribution is -2.66. The summed E-state index contributed by atoms with van der Waals surface area (Å²) < 4.78 is 11.0. The minimum absolute atomic E-state index is 0.0345. The molecule has 1 atom stereocenters. The molecule has 2 aliphatic carbocycles. The van der Waals surface area contributed by atoms with Gasteiger partial charge in [0.05, 0.1) is 11.1 Å². The minimum atomic E-state index is -0.0683. The van der Waals surface area contributed by atoms with Gasteiger partial charge < -0.3 is 30.3 Å². The Hall–Kier alpha value is -0.400. The summed E-state index contributed by atoms with van der Waals surface area (Å²) in [6.07, 6.45) is 24.7. The van der Waals surface area contributed by atoms with Gasteiger partial charge in [0, 0.05) is 59.7 Å². The van der Waals surface area contributed by atoms with E-state index in [0.717, 1.165) is 90.1 Å². The number of rotatable bonds is 0. The smallest absolute Gasteiger partial charge is 0.0513 e. The van der Waals surface area contributed by atoms with E-state index in [1.54, 1.807) is 5.06 Å². The van der Waals surface area contributed by atoms with Gasteiger partial charge >= 0.3 is 0 Å². The SMILES string of the molecule is CC1CC(C)(C)N(O)C(C)(C)C1.CC1CC(C)(C)N(O)C1(C)C.CC1CC2(CCCCC2)N(O)C2(CCCCC2)C1.CC1CC2(CCOCC2)N(O)C2(CCOCC2)C1. The van der Waals surface area contributed by atoms with Crippen LogP contribution in [-0.2, 0) is 9.47 Å². The molecule has 346 valence electrons. The zero-order chi connectivity index (χ0) is 43.7. The predicted molar refractivity (Wildman–Crippen MR) is 237 cm³/mol. The Balaban J connectivity index is 0.000000153. The molecule has 2 saturated carbocycles. The lowest BCUT2D eigenvalue weighted by Gasteiger charge is -2.59. The van der Waals surface area contributed by atoms with Crippen LogP contribution in [0.2, 0.25) is 0 Å². The second-order valence-corrected chi connectivity index (χ2v) is 24.2. The van der Waals surface area contributed by atoms with Crippen molar-refractivity contribution in [2.75, 3.05) is 26.4 Å². The largest absolute Gasteiger partial charge is 0.381 e. The van der Waals surface area contributed by atoms with Gasteiger partial charge in [0.15, 0.2) is 0 Å². The highest BCUT2D eigenvalue weighted by atomic mass is 16.5. The van der Waals surface area contributed by atoms with E-state index in [1.807, 2.05) is 5.06 Å². The number of hydrogen-bond donors (Lipinski definition) is 4. The Morgan fingerprint density at radius 2 is 0.644 bits per heavy atom. The Kier molecular flexibility index (Phi) is 16.0. The second-order valence-electron chi connectivity index (χ2n) is 24.2. The maximum Gasteiger partial charge on any atom is 0.0513 e. The molecule has 8 rings (SSSR count). The Labute approximate surface area is 361 Å². The highest BCUT2D eigenvalue weighted by Crippen LogP contribution is 2.53. The van der Waals surface area contributed by atoms with E-state index in [1.165, 1.54) is 87.2 Å². The lowest BCUT2D eigenvalue weighted by atomic mass is 9.64. The summed E-state index contributed by atoms with van der Waals surface area (Å²) in [5.74, 6) is 2.75. The zero-order valence-corrected chi connectivity index (χ0v) is 40.4. The van der Waals surface area contributed by atoms with Crippen molar-refractivity contribution in [2.24, 2.45) is 23.7 Å². The summed E-state index contributed by atoms with van der Waals surface area (Å²) in [7, 11) is 0. The summed E-state index contributed by atoms with van der Waals surface area (Å²) in [4.78, 5) is 0. The summed E-state index contributed by atoms with van der Waals surface area (Å²) in [6.45, 7) is 29.1. The molecular weight excluding hydrogens is 741 g/mol. The molecule has 0 aromatic carbocycles. The summed E-state index contributed by atoms with van der Waals surface area (Å²) in [6, 6.07) is 0. The quantitative estimate of drug-likeness (QED) is 0.188. The van der Waals surface area contributed by atoms with Crippen LogP contribution < -0.4 is 0 Å². The molecule has 0 amide bonds. The van der Waals surface area contributed by atoms with Gasteiger partial charge in [-0.15, -0.1) is 0 Å². The van der Waals surface area contributed by atoms with E-state index in [4.69, 9.17) is 9.47 Å². The van der Waals surface area contributed by atoms with Crippen LogP contribution in [0.3, 0.4) is 0 Å². The number of hydroxylamine groups is 8. The van der Waals surface area contributed by atoms with E-state index in [0.29, 0.717) is 17.8 Å². The highest BCUT2D eigenvalue weighted by Gasteiger charge is 2.55. The maximum atomic E-state index is 11.0. The van der Waals surface area contributed by atoms with Crippen molar-refractivity contribution >= 4 is 0 Å². The molecule has 8 aliphatic rings. The molecule has 10 heteroatoms. The van der Waals surface area contributed by atoms with Crippen LogP contribution in [0.1, 0.15) is 218 Å². The van der Waals surface area contributed by atoms with Gasteiger partial charge in [0.1, 0.15) is 0 Å². The first kappa shape index (κ1) is 49.6. The molecule has 10 nitrogen and oxygen atoms in total. The normalized spacial score (nSPS) is 33.1. The minimum Gasteiger partial charge on any atom is -0.381 e. The molecule has 6 aliphatic heterocycles. The Bertz CT molecular complexity index is 1180. The molecule has 1 unspecified atom stereocenters. The lowest BCUT2D eigenvalue weighted by molar-refractivity contribution is -0.298. The van der Waals surface area contributed by atoms with E-state index >= 15 is 0 Å². The molecule has 59 heavy (non-hydrogen) atoms. The second kappa shape index (κ2) is 19.0. The Morgan fingerprint density at radius 1 is 0.356 bits per heavy atom. The van der Waals surface area contributed by atoms with Crippen LogP contribution in [-0.4, -0.2) is 112 Å². The average Bonchev–Trinajstić information content (AvgIpc) is 3.30. The van der Waals surface area contributed by atoms with Gasteiger partial charge in [0.2, 0.25) is 0 Å². The third-order valence-electron chi connectivity index (χ3n) is 17.1. The van der Waals surface area contributed by atoms with E-state index < -0.39 is 0 Å². The average molecular weight is 835 g/mol. The fourth-order valence-electron chi connectivity index (χ4n) is 14.5. The molecule has 4 spiro atoms. The first-order chi connectivity index (χ1) is 27.4. The Morgan fingerprint density at radius 3 is 0.915 bits per heavy atom. The van der Waals surface area contributed by atoms with Crippen LogP contribution >= 0.6 is 0 Å². The van der Waals surface area contributed by atoms with Crippen LogP contribution in [0.15, 0.2) is 0 Å². The van der Waals surface area contributed by atoms with Crippen LogP contribution in [0.5, 0.6) is 0 Å². The highest BCUT2D eigenvalue weighted by molar-refractivity contribution is 5.07. The van der Waals surface area contributed by atoms with Crippen molar-refractivity contribution in [3.8, 4) is 0 Å². The number of nitrogens with zero attached hydrogens (tertiary/aromatic N) is 4. The standard InChI is InChI=1S/C16H29NO.C14H25NO3.C10H21NO.C9H19NO/c1-14-12-15(8-4-2-5-9-15)17(18)16(13-14)10-6-3-7-11-16;1-12-10-13(2-6-17-7-3-13)15(16)14(11-12)4-8-18-9-5-14;1-8-6-9(2,3)11(12)10(4,5)7-8;1-7-6-8(2,3)10(11)9(7,4)5/h14,18H,2-13H2,1H3;12,16H,2-11H2,1H3;8,12H,6-7H2,1-5H3;7,11H,6H2,1-5H3. The maximum absolute atomic E-state index is 11.0. The molecule has 4 N–H and O–H groups in total. The fraction of sp³-hybridized carbons (Fsp3) is 1.00. The third kappa shape index (κ3) is 10.8. The summed E-state index contributed by atoms with van der Waals surface area (Å²) in [5.41, 5.74) is -0.0320. The first-order valence-electron chi connectivity index (χ1n) is 24.5. The molecule has 6 saturated heterocycles. The molecular formula is C49H94N4O6. The molecule has 8 fully saturated rings. The summed E-state index contributed by atoms with van der Waals surface area (Å²) in [5, 5.41) is 48.3. The van der Waals surface area contributed by atoms with Gasteiger partial charge in [0.25, 0.3) is 0 Å². The predicted octanol–water partition coefficient (Wildman–Crippen LogP) is 11.7. The molecule has 0 aromatic heterocycles. The van der Waals surface area contributed by atoms with Crippen molar-refractivity contribution in [1.82, 2.24) is 20.3 Å². The molecule has 0 aromatic rings. The van der Waals surface area contributed by atoms with Crippen molar-refractivity contribution in [1.29, 1.82) is 0 Å². The number of hydrogen-bond acceptors (Lipinski definition) is 10. The number of ether oxygens (including phenoxy) is 2. The van der Waals surface area contributed by atoms with Crippen molar-refractivity contribution in [3.63, 3.8) is 0 Å². The topological polar surface area (TPSA) is 112 Å². The van der Waals surface area contributed by atoms with E-state index in [-0.39, 0.29) is 44.3 Å². The monoisotopic (exact) mass is 835 g/mol. The molecule has 0 bridgehead atoms. The van der Waals surface area contributed by atoms with Crippen molar-refractivity contribution in [3.05, 3.63) is 0 Å². The van der Waals surface area contributed by atoms with Crippen LogP contribution in [0.4, 0.5) is 0 Å². The zero-order valence-electron chi connectivity index (χ0n) is 40.4. The van der Waals surface area contributed by atoms with Crippen LogP contribution in [0, 0.1) is 23.7 Å². The molecule has 6 heterocycles. The van der Waals surface area contributed by atoms with Gasteiger partial charge in [-0.05, 0) is 175 Å². The van der Waals surface area contributed by atoms with Crippen LogP contribution in [0.25, 0.3) is 0 Å². The van der Waals surface area contributed by atoms with E-state index in [9.17, 15) is 20.8 Å². The van der Waals surface area contributed by atoms with Crippen molar-refractivity contribution < 1.29 is 30.3 Å². The fourth-order valence-corrected chi connectivity index (χ4v) is 14.5. The third-order valence-corrected chi connectivity index (χ3v) is 17.1. The first-order valence-corrected chi connectivity index (χ1v) is 24.5. The van der Waals surface area contributed by atoms with E-state index in [2.05, 4.69) is 83.1 Å². The van der Waals surface area contributed by atoms with Gasteiger partial charge in [-0.3, -0.25) is 0 Å². The molecule has 0 radical (unpaired) electrons. The van der Waals surface area contributed by atoms with Crippen molar-refractivity contribution in [2.45, 2.75) is 262 Å². The summed E-state index contributed by atoms with van der Waals surface area (Å²) >= 11 is 0. The number of piperidine rings is 3. The van der Waals surface area contributed by atoms with Gasteiger partial charge in [-0.1, -0.05) is 66.2 Å².